The SMILES string of the molecule is O=C(COC(=O)c1cccc(NC(=O)C2CC2)c1)Nc1ccccc1Sc1ccccc1. The highest BCUT2D eigenvalue weighted by molar-refractivity contribution is 7.99. The average Bonchev–Trinajstić information content (AvgIpc) is 3.65. The molecule has 0 atom stereocenters. The van der Waals surface area contributed by atoms with Crippen molar-refractivity contribution in [3.05, 3.63) is 84.4 Å². The van der Waals surface area contributed by atoms with Crippen LogP contribution < -0.4 is 10.6 Å². The van der Waals surface area contributed by atoms with E-state index in [-0.39, 0.29) is 17.4 Å². The molecule has 0 unspecified atom stereocenters. The third-order valence-corrected chi connectivity index (χ3v) is 5.86. The predicted molar refractivity (Wildman–Crippen MR) is 124 cm³/mol. The second-order valence-electron chi connectivity index (χ2n) is 7.38. The number of nitrogens with one attached hydrogen (secondary N) is 2. The highest BCUT2D eigenvalue weighted by Gasteiger charge is 2.29. The summed E-state index contributed by atoms with van der Waals surface area (Å²) in [6.45, 7) is -0.415. The summed E-state index contributed by atoms with van der Waals surface area (Å²) in [4.78, 5) is 38.6. The molecule has 0 radical (unpaired) electrons. The molecule has 3 aromatic carbocycles. The van der Waals surface area contributed by atoms with Crippen LogP contribution >= 0.6 is 11.8 Å². The minimum absolute atomic E-state index is 0.0399. The number of rotatable bonds is 8. The number of ether oxygens (including phenoxy) is 1. The van der Waals surface area contributed by atoms with E-state index in [0.29, 0.717) is 11.4 Å². The molecule has 1 aliphatic rings. The largest absolute Gasteiger partial charge is 0.452 e. The summed E-state index contributed by atoms with van der Waals surface area (Å²) in [6, 6.07) is 23.8. The summed E-state index contributed by atoms with van der Waals surface area (Å²) in [6.07, 6.45) is 1.80. The minimum atomic E-state index is -0.630. The fourth-order valence-electron chi connectivity index (χ4n) is 2.99. The number of benzene rings is 3. The molecule has 1 saturated carbocycles. The van der Waals surface area contributed by atoms with Crippen molar-refractivity contribution in [1.82, 2.24) is 0 Å². The quantitative estimate of drug-likeness (QED) is 0.477. The van der Waals surface area contributed by atoms with Gasteiger partial charge in [0.15, 0.2) is 6.61 Å². The number of esters is 1. The maximum atomic E-state index is 12.4. The zero-order valence-electron chi connectivity index (χ0n) is 17.2. The molecular formula is C25H22N2O4S. The van der Waals surface area contributed by atoms with E-state index in [1.807, 2.05) is 48.5 Å². The Balaban J connectivity index is 1.32. The Kier molecular flexibility index (Phi) is 6.87. The van der Waals surface area contributed by atoms with Crippen molar-refractivity contribution in [1.29, 1.82) is 0 Å². The first kappa shape index (κ1) is 21.6. The van der Waals surface area contributed by atoms with Crippen molar-refractivity contribution in [2.75, 3.05) is 17.2 Å². The van der Waals surface area contributed by atoms with Gasteiger partial charge in [-0.3, -0.25) is 9.59 Å². The van der Waals surface area contributed by atoms with Gasteiger partial charge in [-0.2, -0.15) is 0 Å². The summed E-state index contributed by atoms with van der Waals surface area (Å²) < 4.78 is 5.17. The van der Waals surface area contributed by atoms with E-state index < -0.39 is 18.5 Å². The lowest BCUT2D eigenvalue weighted by Gasteiger charge is -2.11. The molecule has 0 spiro atoms. The Bertz CT molecular complexity index is 1130. The van der Waals surface area contributed by atoms with Gasteiger partial charge in [0.1, 0.15) is 0 Å². The van der Waals surface area contributed by atoms with Crippen molar-refractivity contribution >= 4 is 40.9 Å². The van der Waals surface area contributed by atoms with Crippen LogP contribution in [0.1, 0.15) is 23.2 Å². The molecule has 0 bridgehead atoms. The lowest BCUT2D eigenvalue weighted by Crippen LogP contribution is -2.21. The van der Waals surface area contributed by atoms with Crippen LogP contribution in [-0.4, -0.2) is 24.4 Å². The first-order valence-electron chi connectivity index (χ1n) is 10.3. The molecule has 0 heterocycles. The van der Waals surface area contributed by atoms with Gasteiger partial charge in [0.25, 0.3) is 5.91 Å². The van der Waals surface area contributed by atoms with Crippen LogP contribution in [0.3, 0.4) is 0 Å². The van der Waals surface area contributed by atoms with E-state index in [1.165, 1.54) is 11.8 Å². The van der Waals surface area contributed by atoms with Crippen LogP contribution in [0.2, 0.25) is 0 Å². The number of amides is 2. The maximum Gasteiger partial charge on any atom is 0.338 e. The van der Waals surface area contributed by atoms with Gasteiger partial charge in [-0.25, -0.2) is 4.79 Å². The van der Waals surface area contributed by atoms with Crippen LogP contribution in [0, 0.1) is 5.92 Å². The number of carbonyl (C=O) groups is 3. The average molecular weight is 447 g/mol. The van der Waals surface area contributed by atoms with Gasteiger partial charge in [0.05, 0.1) is 11.3 Å². The second-order valence-corrected chi connectivity index (χ2v) is 8.50. The molecule has 32 heavy (non-hydrogen) atoms. The summed E-state index contributed by atoms with van der Waals surface area (Å²) >= 11 is 1.53. The smallest absolute Gasteiger partial charge is 0.338 e. The monoisotopic (exact) mass is 446 g/mol. The lowest BCUT2D eigenvalue weighted by molar-refractivity contribution is -0.119. The van der Waals surface area contributed by atoms with Gasteiger partial charge < -0.3 is 15.4 Å². The van der Waals surface area contributed by atoms with Crippen LogP contribution in [0.25, 0.3) is 0 Å². The van der Waals surface area contributed by atoms with Crippen molar-refractivity contribution in [2.24, 2.45) is 5.92 Å². The van der Waals surface area contributed by atoms with Crippen LogP contribution in [0.4, 0.5) is 11.4 Å². The molecule has 0 aliphatic heterocycles. The van der Waals surface area contributed by atoms with Crippen LogP contribution in [0.15, 0.2) is 88.7 Å². The molecule has 3 aromatic rings. The molecule has 2 amide bonds. The Morgan fingerprint density at radius 3 is 2.41 bits per heavy atom. The highest BCUT2D eigenvalue weighted by atomic mass is 32.2. The lowest BCUT2D eigenvalue weighted by atomic mass is 10.2. The van der Waals surface area contributed by atoms with Crippen LogP contribution in [0.5, 0.6) is 0 Å². The highest BCUT2D eigenvalue weighted by Crippen LogP contribution is 2.33. The standard InChI is InChI=1S/C25H22N2O4S/c28-23(27-21-11-4-5-12-22(21)32-20-9-2-1-3-10-20)16-31-25(30)18-7-6-8-19(15-18)26-24(29)17-13-14-17/h1-12,15,17H,13-14,16H2,(H,26,29)(H,27,28). The first-order valence-corrected chi connectivity index (χ1v) is 11.1. The van der Waals surface area contributed by atoms with Gasteiger partial charge in [0, 0.05) is 21.4 Å². The molecule has 0 aromatic heterocycles. The molecular weight excluding hydrogens is 424 g/mol. The Morgan fingerprint density at radius 2 is 1.62 bits per heavy atom. The van der Waals surface area contributed by atoms with E-state index >= 15 is 0 Å². The predicted octanol–water partition coefficient (Wildman–Crippen LogP) is 4.98. The van der Waals surface area contributed by atoms with Gasteiger partial charge in [-0.05, 0) is 55.3 Å². The molecule has 7 heteroatoms. The first-order chi connectivity index (χ1) is 15.6. The van der Waals surface area contributed by atoms with Gasteiger partial charge in [-0.1, -0.05) is 48.2 Å². The maximum absolute atomic E-state index is 12.4. The number of anilines is 2. The summed E-state index contributed by atoms with van der Waals surface area (Å²) in [7, 11) is 0. The number of para-hydroxylation sites is 1. The van der Waals surface area contributed by atoms with E-state index in [0.717, 1.165) is 22.6 Å². The second kappa shape index (κ2) is 10.2. The van der Waals surface area contributed by atoms with Gasteiger partial charge in [-0.15, -0.1) is 0 Å². The van der Waals surface area contributed by atoms with Gasteiger partial charge in [0.2, 0.25) is 5.91 Å². The van der Waals surface area contributed by atoms with Crippen molar-refractivity contribution in [3.63, 3.8) is 0 Å². The number of carbonyl (C=O) groups excluding carboxylic acids is 3. The van der Waals surface area contributed by atoms with Crippen LogP contribution in [-0.2, 0) is 14.3 Å². The third-order valence-electron chi connectivity index (χ3n) is 4.78. The minimum Gasteiger partial charge on any atom is -0.452 e. The molecule has 1 fully saturated rings. The molecule has 2 N–H and O–H groups in total. The number of hydrogen-bond donors (Lipinski definition) is 2. The zero-order valence-corrected chi connectivity index (χ0v) is 18.1. The van der Waals surface area contributed by atoms with Crippen molar-refractivity contribution in [3.8, 4) is 0 Å². The number of hydrogen-bond acceptors (Lipinski definition) is 5. The van der Waals surface area contributed by atoms with Crippen molar-refractivity contribution in [2.45, 2.75) is 22.6 Å². The molecule has 6 nitrogen and oxygen atoms in total. The normalized spacial score (nSPS) is 12.6. The van der Waals surface area contributed by atoms with E-state index in [4.69, 9.17) is 4.74 Å². The zero-order chi connectivity index (χ0) is 22.3. The Labute approximate surface area is 190 Å². The Hall–Kier alpha value is -3.58. The summed E-state index contributed by atoms with van der Waals surface area (Å²) in [5.74, 6) is -1.04. The molecule has 162 valence electrons. The fourth-order valence-corrected chi connectivity index (χ4v) is 3.91. The van der Waals surface area contributed by atoms with E-state index in [2.05, 4.69) is 10.6 Å². The molecule has 4 rings (SSSR count). The van der Waals surface area contributed by atoms with Crippen molar-refractivity contribution < 1.29 is 19.1 Å². The summed E-state index contributed by atoms with van der Waals surface area (Å²) in [5.41, 5.74) is 1.45. The third kappa shape index (κ3) is 5.98. The molecule has 0 saturated heterocycles. The molecule has 1 aliphatic carbocycles. The Morgan fingerprint density at radius 1 is 0.875 bits per heavy atom. The van der Waals surface area contributed by atoms with E-state index in [1.54, 1.807) is 30.3 Å². The van der Waals surface area contributed by atoms with E-state index in [9.17, 15) is 14.4 Å². The van der Waals surface area contributed by atoms with Gasteiger partial charge >= 0.3 is 5.97 Å². The fraction of sp³-hybridized carbons (Fsp3) is 0.160. The summed E-state index contributed by atoms with van der Waals surface area (Å²) in [5, 5.41) is 5.59. The topological polar surface area (TPSA) is 84.5 Å².